The molecule has 2 heterocycles. The van der Waals surface area contributed by atoms with Crippen LogP contribution in [-0.4, -0.2) is 23.1 Å². The van der Waals surface area contributed by atoms with E-state index in [2.05, 4.69) is 44.9 Å². The van der Waals surface area contributed by atoms with Crippen molar-refractivity contribution < 1.29 is 0 Å². The normalized spacial score (nSPS) is 11.0. The maximum Gasteiger partial charge on any atom is 0.0702 e. The van der Waals surface area contributed by atoms with Crippen molar-refractivity contribution in [3.8, 4) is 0 Å². The Balaban J connectivity index is 1.28. The van der Waals surface area contributed by atoms with Crippen molar-refractivity contribution in [1.82, 2.24) is 20.6 Å². The first kappa shape index (κ1) is 16.6. The van der Waals surface area contributed by atoms with E-state index in [1.54, 1.807) is 0 Å². The lowest BCUT2D eigenvalue weighted by Crippen LogP contribution is -2.19. The highest BCUT2D eigenvalue weighted by molar-refractivity contribution is 5.78. The van der Waals surface area contributed by atoms with E-state index in [-0.39, 0.29) is 0 Å². The fraction of sp³-hybridized carbons (Fsp3) is 0.300. The molecule has 0 aliphatic heterocycles. The summed E-state index contributed by atoms with van der Waals surface area (Å²) in [6.07, 6.45) is 6.01. The largest absolute Gasteiger partial charge is 0.313 e. The van der Waals surface area contributed by atoms with Crippen molar-refractivity contribution in [3.63, 3.8) is 0 Å². The highest BCUT2D eigenvalue weighted by atomic mass is 14.9. The fourth-order valence-electron chi connectivity index (χ4n) is 2.69. The van der Waals surface area contributed by atoms with Gasteiger partial charge in [-0.25, -0.2) is 0 Å². The van der Waals surface area contributed by atoms with E-state index >= 15 is 0 Å². The first-order chi connectivity index (χ1) is 11.9. The van der Waals surface area contributed by atoms with Gasteiger partial charge in [0.1, 0.15) is 0 Å². The highest BCUT2D eigenvalue weighted by Gasteiger charge is 1.97. The Kier molecular flexibility index (Phi) is 6.28. The Hall–Kier alpha value is -2.30. The third-order valence-corrected chi connectivity index (χ3v) is 3.99. The van der Waals surface area contributed by atoms with Gasteiger partial charge in [0.2, 0.25) is 0 Å². The molecule has 0 spiro atoms. The lowest BCUT2D eigenvalue weighted by atomic mass is 10.1. The molecule has 2 N–H and O–H groups in total. The monoisotopic (exact) mass is 320 g/mol. The lowest BCUT2D eigenvalue weighted by molar-refractivity contribution is 0.579. The molecule has 0 saturated carbocycles. The molecule has 24 heavy (non-hydrogen) atoms. The zero-order chi connectivity index (χ0) is 16.5. The molecule has 3 rings (SSSR count). The van der Waals surface area contributed by atoms with Gasteiger partial charge in [-0.1, -0.05) is 18.2 Å². The van der Waals surface area contributed by atoms with Crippen LogP contribution >= 0.6 is 0 Å². The van der Waals surface area contributed by atoms with Gasteiger partial charge in [-0.3, -0.25) is 9.97 Å². The topological polar surface area (TPSA) is 49.8 Å². The Labute approximate surface area is 143 Å². The Morgan fingerprint density at radius 3 is 2.42 bits per heavy atom. The zero-order valence-corrected chi connectivity index (χ0v) is 13.9. The molecular formula is C20H24N4. The number of pyridine rings is 2. The summed E-state index contributed by atoms with van der Waals surface area (Å²) in [5, 5.41) is 8.15. The number of nitrogens with one attached hydrogen (secondary N) is 2. The quantitative estimate of drug-likeness (QED) is 0.594. The molecule has 0 atom stereocenters. The number of fused-ring (bicyclic) bond motifs is 1. The molecule has 4 heteroatoms. The molecule has 0 radical (unpaired) electrons. The minimum atomic E-state index is 0.847. The Morgan fingerprint density at radius 1 is 0.750 bits per heavy atom. The van der Waals surface area contributed by atoms with Gasteiger partial charge in [-0.15, -0.1) is 0 Å². The van der Waals surface area contributed by atoms with Gasteiger partial charge in [-0.05, 0) is 61.8 Å². The van der Waals surface area contributed by atoms with E-state index in [1.807, 2.05) is 36.7 Å². The lowest BCUT2D eigenvalue weighted by Gasteiger charge is -2.07. The van der Waals surface area contributed by atoms with Gasteiger partial charge in [-0.2, -0.15) is 0 Å². The molecule has 0 aliphatic carbocycles. The summed E-state index contributed by atoms with van der Waals surface area (Å²) < 4.78 is 0. The number of unbranched alkanes of at least 4 members (excludes halogenated alkanes) is 1. The standard InChI is InChI=1S/C20H24N4/c1-2-12-23-19(7-1)16-22-11-4-3-10-21-15-17-8-9-20-18(14-17)6-5-13-24-20/h1-2,5-9,12-14,21-22H,3-4,10-11,15-16H2. The third kappa shape index (κ3) is 5.11. The molecule has 2 aromatic heterocycles. The van der Waals surface area contributed by atoms with Crippen LogP contribution in [-0.2, 0) is 13.1 Å². The van der Waals surface area contributed by atoms with Crippen LogP contribution in [0.25, 0.3) is 10.9 Å². The SMILES string of the molecule is c1ccc(CNCCCCNCc2ccc3ncccc3c2)nc1. The van der Waals surface area contributed by atoms with Crippen molar-refractivity contribution in [3.05, 3.63) is 72.2 Å². The second-order valence-electron chi connectivity index (χ2n) is 5.91. The second kappa shape index (κ2) is 9.11. The van der Waals surface area contributed by atoms with Gasteiger partial charge in [0.25, 0.3) is 0 Å². The van der Waals surface area contributed by atoms with E-state index in [4.69, 9.17) is 0 Å². The van der Waals surface area contributed by atoms with Crippen molar-refractivity contribution in [1.29, 1.82) is 0 Å². The van der Waals surface area contributed by atoms with Crippen LogP contribution in [0.1, 0.15) is 24.1 Å². The van der Waals surface area contributed by atoms with Crippen molar-refractivity contribution in [2.24, 2.45) is 0 Å². The summed E-state index contributed by atoms with van der Waals surface area (Å²) in [5.41, 5.74) is 3.46. The van der Waals surface area contributed by atoms with Crippen LogP contribution in [0.5, 0.6) is 0 Å². The first-order valence-corrected chi connectivity index (χ1v) is 8.57. The highest BCUT2D eigenvalue weighted by Crippen LogP contribution is 2.13. The number of hydrogen-bond donors (Lipinski definition) is 2. The Bertz CT molecular complexity index is 743. The van der Waals surface area contributed by atoms with Gasteiger partial charge in [0.05, 0.1) is 11.2 Å². The number of benzene rings is 1. The molecule has 0 bridgehead atoms. The van der Waals surface area contributed by atoms with E-state index in [1.165, 1.54) is 23.8 Å². The number of aromatic nitrogens is 2. The third-order valence-electron chi connectivity index (χ3n) is 3.99. The van der Waals surface area contributed by atoms with E-state index < -0.39 is 0 Å². The molecule has 0 saturated heterocycles. The van der Waals surface area contributed by atoms with Crippen molar-refractivity contribution in [2.45, 2.75) is 25.9 Å². The first-order valence-electron chi connectivity index (χ1n) is 8.57. The smallest absolute Gasteiger partial charge is 0.0702 e. The molecule has 0 aliphatic rings. The van der Waals surface area contributed by atoms with E-state index in [0.29, 0.717) is 0 Å². The summed E-state index contributed by atoms with van der Waals surface area (Å²) >= 11 is 0. The van der Waals surface area contributed by atoms with Crippen LogP contribution in [0.4, 0.5) is 0 Å². The summed E-state index contributed by atoms with van der Waals surface area (Å²) in [5.74, 6) is 0. The predicted molar refractivity (Wildman–Crippen MR) is 98.6 cm³/mol. The number of rotatable bonds is 9. The van der Waals surface area contributed by atoms with Crippen molar-refractivity contribution >= 4 is 10.9 Å². The molecule has 0 amide bonds. The van der Waals surface area contributed by atoms with Gasteiger partial charge in [0, 0.05) is 30.9 Å². The summed E-state index contributed by atoms with van der Waals surface area (Å²) in [6.45, 7) is 3.82. The zero-order valence-electron chi connectivity index (χ0n) is 13.9. The Morgan fingerprint density at radius 2 is 1.58 bits per heavy atom. The maximum atomic E-state index is 4.35. The number of nitrogens with zero attached hydrogens (tertiary/aromatic N) is 2. The maximum absolute atomic E-state index is 4.35. The van der Waals surface area contributed by atoms with Gasteiger partial charge < -0.3 is 10.6 Å². The summed E-state index contributed by atoms with van der Waals surface area (Å²) in [4.78, 5) is 8.65. The minimum absolute atomic E-state index is 0.847. The van der Waals surface area contributed by atoms with Crippen molar-refractivity contribution in [2.75, 3.05) is 13.1 Å². The molecular weight excluding hydrogens is 296 g/mol. The van der Waals surface area contributed by atoms with Crippen LogP contribution in [0, 0.1) is 0 Å². The summed E-state index contributed by atoms with van der Waals surface area (Å²) in [6, 6.07) is 16.6. The molecule has 4 nitrogen and oxygen atoms in total. The average molecular weight is 320 g/mol. The summed E-state index contributed by atoms with van der Waals surface area (Å²) in [7, 11) is 0. The molecule has 124 valence electrons. The fourth-order valence-corrected chi connectivity index (χ4v) is 2.69. The average Bonchev–Trinajstić information content (AvgIpc) is 2.64. The van der Waals surface area contributed by atoms with Crippen LogP contribution in [0.3, 0.4) is 0 Å². The number of hydrogen-bond acceptors (Lipinski definition) is 4. The minimum Gasteiger partial charge on any atom is -0.313 e. The van der Waals surface area contributed by atoms with Gasteiger partial charge >= 0.3 is 0 Å². The van der Waals surface area contributed by atoms with E-state index in [0.717, 1.165) is 37.4 Å². The van der Waals surface area contributed by atoms with Crippen LogP contribution < -0.4 is 10.6 Å². The molecule has 0 fully saturated rings. The molecule has 3 aromatic rings. The second-order valence-corrected chi connectivity index (χ2v) is 5.91. The van der Waals surface area contributed by atoms with Gasteiger partial charge in [0.15, 0.2) is 0 Å². The molecule has 1 aromatic carbocycles. The van der Waals surface area contributed by atoms with Crippen LogP contribution in [0.15, 0.2) is 60.9 Å². The van der Waals surface area contributed by atoms with E-state index in [9.17, 15) is 0 Å². The molecule has 0 unspecified atom stereocenters. The van der Waals surface area contributed by atoms with Crippen LogP contribution in [0.2, 0.25) is 0 Å². The predicted octanol–water partition coefficient (Wildman–Crippen LogP) is 3.29.